The number of nitrogens with zero attached hydrogens (tertiary/aromatic N) is 1. The Morgan fingerprint density at radius 2 is 1.67 bits per heavy atom. The molecule has 1 aliphatic heterocycles. The smallest absolute Gasteiger partial charge is 0.115 e. The van der Waals surface area contributed by atoms with Crippen LogP contribution < -0.4 is 0 Å². The lowest BCUT2D eigenvalue weighted by atomic mass is 9.75. The zero-order valence-electron chi connectivity index (χ0n) is 11.8. The van der Waals surface area contributed by atoms with E-state index in [1.165, 1.54) is 31.5 Å². The van der Waals surface area contributed by atoms with Gasteiger partial charge in [0.2, 0.25) is 0 Å². The van der Waals surface area contributed by atoms with Crippen LogP contribution in [0.3, 0.4) is 0 Å². The molecule has 1 fully saturated rings. The van der Waals surface area contributed by atoms with Gasteiger partial charge in [-0.3, -0.25) is 4.90 Å². The van der Waals surface area contributed by atoms with Crippen LogP contribution in [-0.4, -0.2) is 23.1 Å². The molecule has 0 radical (unpaired) electrons. The van der Waals surface area contributed by atoms with Gasteiger partial charge in [0, 0.05) is 6.54 Å². The Morgan fingerprint density at radius 1 is 1.11 bits per heavy atom. The topological polar surface area (TPSA) is 23.5 Å². The Hall–Kier alpha value is -1.02. The van der Waals surface area contributed by atoms with Crippen molar-refractivity contribution in [3.63, 3.8) is 0 Å². The van der Waals surface area contributed by atoms with E-state index in [-0.39, 0.29) is 0 Å². The minimum atomic E-state index is 0.352. The lowest BCUT2D eigenvalue weighted by Gasteiger charge is -2.38. The molecule has 1 saturated heterocycles. The van der Waals surface area contributed by atoms with E-state index in [4.69, 9.17) is 0 Å². The Bertz CT molecular complexity index is 369. The monoisotopic (exact) mass is 247 g/mol. The van der Waals surface area contributed by atoms with Crippen LogP contribution in [-0.2, 0) is 6.54 Å². The van der Waals surface area contributed by atoms with Crippen molar-refractivity contribution in [1.29, 1.82) is 0 Å². The van der Waals surface area contributed by atoms with Crippen molar-refractivity contribution in [3.05, 3.63) is 29.8 Å². The Kier molecular flexibility index (Phi) is 3.96. The van der Waals surface area contributed by atoms with E-state index in [1.54, 1.807) is 12.1 Å². The minimum absolute atomic E-state index is 0.352. The van der Waals surface area contributed by atoms with E-state index in [0.29, 0.717) is 11.2 Å². The second kappa shape index (κ2) is 5.31. The Balaban J connectivity index is 1.85. The van der Waals surface area contributed by atoms with Crippen molar-refractivity contribution in [2.24, 2.45) is 11.3 Å². The van der Waals surface area contributed by atoms with Crippen molar-refractivity contribution >= 4 is 0 Å². The molecule has 0 atom stereocenters. The van der Waals surface area contributed by atoms with E-state index in [0.717, 1.165) is 12.5 Å². The van der Waals surface area contributed by atoms with E-state index in [1.807, 2.05) is 12.1 Å². The van der Waals surface area contributed by atoms with Gasteiger partial charge in [-0.1, -0.05) is 32.9 Å². The van der Waals surface area contributed by atoms with Gasteiger partial charge >= 0.3 is 0 Å². The SMILES string of the molecule is CC(C)(C)C1CCN(Cc2ccc(O)cc2)CC1. The summed E-state index contributed by atoms with van der Waals surface area (Å²) >= 11 is 0. The molecular formula is C16H25NO. The van der Waals surface area contributed by atoms with Gasteiger partial charge in [-0.05, 0) is 55.0 Å². The summed E-state index contributed by atoms with van der Waals surface area (Å²) in [7, 11) is 0. The molecule has 0 aromatic heterocycles. The highest BCUT2D eigenvalue weighted by Gasteiger charge is 2.28. The van der Waals surface area contributed by atoms with E-state index < -0.39 is 0 Å². The zero-order valence-corrected chi connectivity index (χ0v) is 11.8. The highest BCUT2D eigenvalue weighted by molar-refractivity contribution is 5.25. The summed E-state index contributed by atoms with van der Waals surface area (Å²) < 4.78 is 0. The van der Waals surface area contributed by atoms with Crippen molar-refractivity contribution in [3.8, 4) is 5.75 Å². The van der Waals surface area contributed by atoms with Gasteiger partial charge in [0.15, 0.2) is 0 Å². The number of phenolic OH excluding ortho intramolecular Hbond substituents is 1. The molecule has 0 aliphatic carbocycles. The summed E-state index contributed by atoms with van der Waals surface area (Å²) in [6, 6.07) is 7.59. The number of aromatic hydroxyl groups is 1. The second-order valence-corrected chi connectivity index (χ2v) is 6.58. The predicted molar refractivity (Wildman–Crippen MR) is 75.6 cm³/mol. The maximum absolute atomic E-state index is 9.27. The largest absolute Gasteiger partial charge is 0.508 e. The number of piperidine rings is 1. The van der Waals surface area contributed by atoms with Gasteiger partial charge in [0.25, 0.3) is 0 Å². The summed E-state index contributed by atoms with van der Waals surface area (Å²) in [6.07, 6.45) is 2.61. The normalized spacial score (nSPS) is 19.1. The highest BCUT2D eigenvalue weighted by atomic mass is 16.3. The first kappa shape index (κ1) is 13.4. The zero-order chi connectivity index (χ0) is 13.2. The average Bonchev–Trinajstić information content (AvgIpc) is 2.32. The minimum Gasteiger partial charge on any atom is -0.508 e. The first-order valence-electron chi connectivity index (χ1n) is 6.95. The maximum Gasteiger partial charge on any atom is 0.115 e. The Labute approximate surface area is 111 Å². The van der Waals surface area contributed by atoms with E-state index in [9.17, 15) is 5.11 Å². The third-order valence-corrected chi connectivity index (χ3v) is 4.15. The fraction of sp³-hybridized carbons (Fsp3) is 0.625. The summed E-state index contributed by atoms with van der Waals surface area (Å²) in [6.45, 7) is 10.5. The molecule has 2 nitrogen and oxygen atoms in total. The fourth-order valence-electron chi connectivity index (χ4n) is 2.82. The first-order valence-corrected chi connectivity index (χ1v) is 6.95. The molecule has 2 heteroatoms. The van der Waals surface area contributed by atoms with Crippen LogP contribution in [0.1, 0.15) is 39.2 Å². The third-order valence-electron chi connectivity index (χ3n) is 4.15. The number of phenols is 1. The maximum atomic E-state index is 9.27. The third kappa shape index (κ3) is 3.49. The van der Waals surface area contributed by atoms with Gasteiger partial charge in [-0.2, -0.15) is 0 Å². The van der Waals surface area contributed by atoms with E-state index >= 15 is 0 Å². The quantitative estimate of drug-likeness (QED) is 0.862. The van der Waals surface area contributed by atoms with Gasteiger partial charge < -0.3 is 5.11 Å². The van der Waals surface area contributed by atoms with Crippen molar-refractivity contribution < 1.29 is 5.11 Å². The van der Waals surface area contributed by atoms with Crippen LogP contribution in [0.15, 0.2) is 24.3 Å². The summed E-state index contributed by atoms with van der Waals surface area (Å²) in [5.74, 6) is 1.21. The van der Waals surface area contributed by atoms with Crippen molar-refractivity contribution in [2.75, 3.05) is 13.1 Å². The lowest BCUT2D eigenvalue weighted by Crippen LogP contribution is -2.37. The lowest BCUT2D eigenvalue weighted by molar-refractivity contribution is 0.108. The molecule has 18 heavy (non-hydrogen) atoms. The molecule has 0 amide bonds. The van der Waals surface area contributed by atoms with Gasteiger partial charge in [-0.25, -0.2) is 0 Å². The number of hydrogen-bond acceptors (Lipinski definition) is 2. The summed E-state index contributed by atoms with van der Waals surface area (Å²) in [4.78, 5) is 2.52. The molecule has 1 N–H and O–H groups in total. The van der Waals surface area contributed by atoms with Crippen LogP contribution in [0.25, 0.3) is 0 Å². The van der Waals surface area contributed by atoms with Gasteiger partial charge in [0.05, 0.1) is 0 Å². The number of likely N-dealkylation sites (tertiary alicyclic amines) is 1. The van der Waals surface area contributed by atoms with Gasteiger partial charge in [-0.15, -0.1) is 0 Å². The predicted octanol–water partition coefficient (Wildman–Crippen LogP) is 3.65. The number of benzene rings is 1. The summed E-state index contributed by atoms with van der Waals surface area (Å²) in [5, 5.41) is 9.27. The molecule has 1 aromatic carbocycles. The number of rotatable bonds is 2. The van der Waals surface area contributed by atoms with Crippen LogP contribution in [0.2, 0.25) is 0 Å². The first-order chi connectivity index (χ1) is 8.45. The molecule has 0 bridgehead atoms. The van der Waals surface area contributed by atoms with E-state index in [2.05, 4.69) is 25.7 Å². The standard InChI is InChI=1S/C16H25NO/c1-16(2,3)14-8-10-17(11-9-14)12-13-4-6-15(18)7-5-13/h4-7,14,18H,8-12H2,1-3H3. The second-order valence-electron chi connectivity index (χ2n) is 6.58. The van der Waals surface area contributed by atoms with Crippen LogP contribution >= 0.6 is 0 Å². The molecule has 0 unspecified atom stereocenters. The van der Waals surface area contributed by atoms with Gasteiger partial charge in [0.1, 0.15) is 5.75 Å². The van der Waals surface area contributed by atoms with Crippen LogP contribution in [0.4, 0.5) is 0 Å². The van der Waals surface area contributed by atoms with Crippen molar-refractivity contribution in [2.45, 2.75) is 40.2 Å². The summed E-state index contributed by atoms with van der Waals surface area (Å²) in [5.41, 5.74) is 1.74. The molecule has 2 rings (SSSR count). The van der Waals surface area contributed by atoms with Crippen LogP contribution in [0, 0.1) is 11.3 Å². The molecule has 100 valence electrons. The molecular weight excluding hydrogens is 222 g/mol. The fourth-order valence-corrected chi connectivity index (χ4v) is 2.82. The molecule has 1 heterocycles. The average molecular weight is 247 g/mol. The molecule has 1 aromatic rings. The molecule has 0 spiro atoms. The molecule has 1 aliphatic rings. The van der Waals surface area contributed by atoms with Crippen LogP contribution in [0.5, 0.6) is 5.75 Å². The van der Waals surface area contributed by atoms with Crippen molar-refractivity contribution in [1.82, 2.24) is 4.90 Å². The highest BCUT2D eigenvalue weighted by Crippen LogP contribution is 2.34. The number of hydrogen-bond donors (Lipinski definition) is 1. The molecule has 0 saturated carbocycles. The Morgan fingerprint density at radius 3 is 2.17 bits per heavy atom.